The van der Waals surface area contributed by atoms with E-state index in [1.165, 1.54) is 0 Å². The van der Waals surface area contributed by atoms with E-state index in [1.54, 1.807) is 24.3 Å². The van der Waals surface area contributed by atoms with E-state index in [9.17, 15) is 38.4 Å². The number of ether oxygens (including phenoxy) is 2. The molecule has 0 aliphatic carbocycles. The van der Waals surface area contributed by atoms with Crippen LogP contribution in [0.15, 0.2) is 42.6 Å². The zero-order chi connectivity index (χ0) is 26.9. The Bertz CT molecular complexity index is 1260. The first-order valence-electron chi connectivity index (χ1n) is 10.9. The van der Waals surface area contributed by atoms with Crippen molar-refractivity contribution in [3.63, 3.8) is 0 Å². The normalized spacial score (nSPS) is 24.7. The molecule has 3 aromatic rings. The Morgan fingerprint density at radius 2 is 1.84 bits per heavy atom. The van der Waals surface area contributed by atoms with Gasteiger partial charge in [-0.15, -0.1) is 5.10 Å². The number of hydrogen-bond donors (Lipinski definition) is 4. The summed E-state index contributed by atoms with van der Waals surface area (Å²) in [6, 6.07) is 6.49. The number of hydrogen-bond acceptors (Lipinski definition) is 8. The lowest BCUT2D eigenvalue weighted by molar-refractivity contribution is -0.238. The number of benzene rings is 2. The molecule has 4 N–H and O–H groups in total. The van der Waals surface area contributed by atoms with Gasteiger partial charge in [0, 0.05) is 10.6 Å². The summed E-state index contributed by atoms with van der Waals surface area (Å²) in [6.45, 7) is -1.01. The number of aliphatic hydroxyl groups is 3. The molecule has 0 bridgehead atoms. The van der Waals surface area contributed by atoms with Gasteiger partial charge in [0.05, 0.1) is 19.4 Å². The third kappa shape index (κ3) is 5.46. The van der Waals surface area contributed by atoms with Crippen LogP contribution >= 0.6 is 11.6 Å². The van der Waals surface area contributed by atoms with E-state index in [4.69, 9.17) is 21.1 Å². The Morgan fingerprint density at radius 1 is 1.16 bits per heavy atom. The molecule has 0 amide bonds. The van der Waals surface area contributed by atoms with Gasteiger partial charge in [-0.1, -0.05) is 35.0 Å². The molecule has 10 nitrogen and oxygen atoms in total. The number of rotatable bonds is 8. The lowest BCUT2D eigenvalue weighted by Gasteiger charge is -2.43. The fraction of sp³-hybridized carbons (Fsp3) is 0.348. The Labute approximate surface area is 212 Å². The Hall–Kier alpha value is -3.07. The predicted octanol–water partition coefficient (Wildman–Crippen LogP) is 1.71. The molecule has 2 unspecified atom stereocenters. The second kappa shape index (κ2) is 11.1. The van der Waals surface area contributed by atoms with Crippen molar-refractivity contribution in [1.29, 1.82) is 0 Å². The Morgan fingerprint density at radius 3 is 2.46 bits per heavy atom. The summed E-state index contributed by atoms with van der Waals surface area (Å²) in [5, 5.41) is 49.1. The summed E-state index contributed by atoms with van der Waals surface area (Å²) in [4.78, 5) is 12.0. The molecule has 0 spiro atoms. The molecule has 1 aromatic heterocycles. The molecule has 198 valence electrons. The molecule has 1 fully saturated rings. The van der Waals surface area contributed by atoms with Crippen molar-refractivity contribution in [1.82, 2.24) is 15.0 Å². The summed E-state index contributed by atoms with van der Waals surface area (Å²) in [6.07, 6.45) is -6.98. The number of carboxylic acids is 1. The largest absolute Gasteiger partial charge is 0.479 e. The molecule has 37 heavy (non-hydrogen) atoms. The summed E-state index contributed by atoms with van der Waals surface area (Å²) >= 11 is 6.09. The van der Waals surface area contributed by atoms with Crippen molar-refractivity contribution in [2.24, 2.45) is 0 Å². The van der Waals surface area contributed by atoms with Gasteiger partial charge in [0.25, 0.3) is 0 Å². The van der Waals surface area contributed by atoms with Crippen LogP contribution in [0.1, 0.15) is 11.6 Å². The average molecular weight is 544 g/mol. The van der Waals surface area contributed by atoms with E-state index < -0.39 is 66.6 Å². The first-order valence-corrected chi connectivity index (χ1v) is 11.3. The minimum atomic E-state index is -1.77. The number of nitrogens with zero attached hydrogens (tertiary/aromatic N) is 3. The first kappa shape index (κ1) is 27.0. The van der Waals surface area contributed by atoms with E-state index in [-0.39, 0.29) is 17.9 Å². The summed E-state index contributed by atoms with van der Waals surface area (Å²) in [5.74, 6) is -6.09. The van der Waals surface area contributed by atoms with Crippen molar-refractivity contribution in [2.45, 2.75) is 43.2 Å². The van der Waals surface area contributed by atoms with Crippen LogP contribution in [0.2, 0.25) is 5.02 Å². The van der Waals surface area contributed by atoms with Crippen LogP contribution in [0.5, 0.6) is 0 Å². The van der Waals surface area contributed by atoms with E-state index in [0.29, 0.717) is 22.7 Å². The lowest BCUT2D eigenvalue weighted by Crippen LogP contribution is -2.60. The molecule has 14 heteroatoms. The molecular formula is C23H21ClF3N3O7. The smallest absolute Gasteiger partial charge is 0.335 e. The van der Waals surface area contributed by atoms with Gasteiger partial charge in [0.1, 0.15) is 36.2 Å². The number of carboxylic acid groups (broad SMARTS) is 1. The van der Waals surface area contributed by atoms with Crippen molar-refractivity contribution >= 4 is 17.6 Å². The molecule has 0 saturated carbocycles. The van der Waals surface area contributed by atoms with Crippen molar-refractivity contribution < 1.29 is 47.9 Å². The summed E-state index contributed by atoms with van der Waals surface area (Å²) < 4.78 is 52.6. The SMILES string of the molecule is O=C(O)[C@@H](OCc1ccccc1Cl)[C@@H]1OC(CO)[C@H](O)C(n2cc(-c3cc(F)c(F)c(F)c3)nn2)[C@@H]1O. The maximum atomic E-state index is 13.7. The van der Waals surface area contributed by atoms with Crippen LogP contribution < -0.4 is 0 Å². The van der Waals surface area contributed by atoms with Gasteiger partial charge in [-0.05, 0) is 23.8 Å². The number of aromatic nitrogens is 3. The van der Waals surface area contributed by atoms with Crippen LogP contribution in [-0.4, -0.2) is 78.5 Å². The highest BCUT2D eigenvalue weighted by molar-refractivity contribution is 6.31. The molecule has 2 aromatic carbocycles. The van der Waals surface area contributed by atoms with Gasteiger partial charge >= 0.3 is 5.97 Å². The second-order valence-corrected chi connectivity index (χ2v) is 8.70. The standard InChI is InChI=1S/C23H21ClF3N3O7/c24-12-4-2-1-3-10(12)9-36-22(23(34)35)21-20(33)18(19(32)16(8-31)37-21)30-7-15(28-29-30)11-5-13(25)17(27)14(26)6-11/h1-7,16,18-22,31-33H,8-9H2,(H,34,35)/t16?,18?,19-,20-,21+,22-/m0/s1. The zero-order valence-electron chi connectivity index (χ0n) is 18.8. The fourth-order valence-corrected chi connectivity index (χ4v) is 4.24. The van der Waals surface area contributed by atoms with Gasteiger partial charge in [-0.25, -0.2) is 22.6 Å². The number of carbonyl (C=O) groups is 1. The number of halogens is 4. The van der Waals surface area contributed by atoms with Crippen LogP contribution in [0, 0.1) is 17.5 Å². The molecule has 2 heterocycles. The third-order valence-electron chi connectivity index (χ3n) is 5.94. The van der Waals surface area contributed by atoms with Crippen LogP contribution in [-0.2, 0) is 20.9 Å². The fourth-order valence-electron chi connectivity index (χ4n) is 4.05. The molecule has 6 atom stereocenters. The molecule has 4 rings (SSSR count). The highest BCUT2D eigenvalue weighted by atomic mass is 35.5. The van der Waals surface area contributed by atoms with Crippen molar-refractivity contribution in [2.75, 3.05) is 6.61 Å². The minimum absolute atomic E-state index is 0.134. The van der Waals surface area contributed by atoms with Gasteiger partial charge in [-0.2, -0.15) is 0 Å². The quantitative estimate of drug-likeness (QED) is 0.312. The topological polar surface area (TPSA) is 147 Å². The highest BCUT2D eigenvalue weighted by Crippen LogP contribution is 2.33. The van der Waals surface area contributed by atoms with Gasteiger partial charge < -0.3 is 29.9 Å². The third-order valence-corrected chi connectivity index (χ3v) is 6.31. The number of aliphatic hydroxyl groups excluding tert-OH is 3. The zero-order valence-corrected chi connectivity index (χ0v) is 19.5. The van der Waals surface area contributed by atoms with E-state index in [0.717, 1.165) is 10.9 Å². The van der Waals surface area contributed by atoms with Crippen molar-refractivity contribution in [3.05, 3.63) is 70.6 Å². The van der Waals surface area contributed by atoms with E-state index in [1.807, 2.05) is 0 Å². The summed E-state index contributed by atoms with van der Waals surface area (Å²) in [7, 11) is 0. The molecular weight excluding hydrogens is 523 g/mol. The number of aliphatic carboxylic acids is 1. The van der Waals surface area contributed by atoms with Crippen LogP contribution in [0.4, 0.5) is 13.2 Å². The van der Waals surface area contributed by atoms with Crippen LogP contribution in [0.3, 0.4) is 0 Å². The van der Waals surface area contributed by atoms with E-state index >= 15 is 0 Å². The second-order valence-electron chi connectivity index (χ2n) is 8.29. The molecule has 1 aliphatic rings. The monoisotopic (exact) mass is 543 g/mol. The van der Waals surface area contributed by atoms with Crippen molar-refractivity contribution in [3.8, 4) is 11.3 Å². The highest BCUT2D eigenvalue weighted by Gasteiger charge is 2.50. The maximum absolute atomic E-state index is 13.7. The first-order chi connectivity index (χ1) is 17.6. The van der Waals surface area contributed by atoms with Gasteiger partial charge in [0.15, 0.2) is 23.6 Å². The summed E-state index contributed by atoms with van der Waals surface area (Å²) in [5.41, 5.74) is 0.154. The molecule has 1 saturated heterocycles. The lowest BCUT2D eigenvalue weighted by atomic mass is 9.90. The van der Waals surface area contributed by atoms with Crippen LogP contribution in [0.25, 0.3) is 11.3 Å². The predicted molar refractivity (Wildman–Crippen MR) is 120 cm³/mol. The maximum Gasteiger partial charge on any atom is 0.335 e. The van der Waals surface area contributed by atoms with Gasteiger partial charge in [0.2, 0.25) is 0 Å². The Balaban J connectivity index is 1.63. The minimum Gasteiger partial charge on any atom is -0.479 e. The average Bonchev–Trinajstić information content (AvgIpc) is 3.34. The van der Waals surface area contributed by atoms with E-state index in [2.05, 4.69) is 10.3 Å². The molecule has 1 aliphatic heterocycles. The van der Waals surface area contributed by atoms with Gasteiger partial charge in [-0.3, -0.25) is 0 Å². The molecule has 0 radical (unpaired) electrons. The Kier molecular flexibility index (Phi) is 8.11.